The molecule has 3 aromatic rings. The first-order chi connectivity index (χ1) is 10.9. The van der Waals surface area contributed by atoms with Gasteiger partial charge in [0.1, 0.15) is 0 Å². The van der Waals surface area contributed by atoms with E-state index in [1.54, 1.807) is 0 Å². The summed E-state index contributed by atoms with van der Waals surface area (Å²) in [4.78, 5) is 28.4. The highest BCUT2D eigenvalue weighted by Gasteiger charge is 2.19. The Hall–Kier alpha value is -2.89. The number of esters is 1. The van der Waals surface area contributed by atoms with Crippen molar-refractivity contribution in [3.8, 4) is 11.1 Å². The van der Waals surface area contributed by atoms with Gasteiger partial charge in [0, 0.05) is 17.3 Å². The van der Waals surface area contributed by atoms with Crippen molar-refractivity contribution in [3.63, 3.8) is 0 Å². The first-order valence-electron chi connectivity index (χ1n) is 7.21. The Morgan fingerprint density at radius 2 is 1.83 bits per heavy atom. The zero-order chi connectivity index (χ0) is 16.7. The Balaban J connectivity index is 2.42. The summed E-state index contributed by atoms with van der Waals surface area (Å²) in [5, 5.41) is 3.02. The van der Waals surface area contributed by atoms with Gasteiger partial charge in [0.2, 0.25) is 0 Å². The van der Waals surface area contributed by atoms with Crippen LogP contribution in [0.3, 0.4) is 0 Å². The second-order valence-corrected chi connectivity index (χ2v) is 5.51. The molecule has 0 aliphatic carbocycles. The van der Waals surface area contributed by atoms with Crippen LogP contribution in [-0.2, 0) is 4.74 Å². The number of nitrogens with zero attached hydrogens (tertiary/aromatic N) is 2. The van der Waals surface area contributed by atoms with Crippen LogP contribution in [0.4, 0.5) is 0 Å². The van der Waals surface area contributed by atoms with E-state index in [4.69, 9.17) is 0 Å². The molecule has 118 valence electrons. The Morgan fingerprint density at radius 3 is 2.43 bits per heavy atom. The van der Waals surface area contributed by atoms with E-state index in [-0.39, 0.29) is 11.3 Å². The van der Waals surface area contributed by atoms with Gasteiger partial charge in [-0.1, -0.05) is 18.2 Å². The van der Waals surface area contributed by atoms with Crippen molar-refractivity contribution >= 4 is 11.6 Å². The molecular formula is C17H17N3O3. The molecule has 0 saturated heterocycles. The summed E-state index contributed by atoms with van der Waals surface area (Å²) >= 11 is 0. The van der Waals surface area contributed by atoms with Gasteiger partial charge >= 0.3 is 5.97 Å². The van der Waals surface area contributed by atoms with Gasteiger partial charge in [-0.05, 0) is 37.5 Å². The molecule has 23 heavy (non-hydrogen) atoms. The molecule has 2 aromatic heterocycles. The van der Waals surface area contributed by atoms with Crippen LogP contribution < -0.4 is 5.56 Å². The number of aryl methyl sites for hydroxylation is 3. The molecule has 0 bridgehead atoms. The second-order valence-electron chi connectivity index (χ2n) is 5.51. The average Bonchev–Trinajstić information content (AvgIpc) is 2.84. The zero-order valence-electron chi connectivity index (χ0n) is 13.4. The second kappa shape index (κ2) is 5.39. The van der Waals surface area contributed by atoms with Crippen LogP contribution >= 0.6 is 0 Å². The molecule has 0 radical (unpaired) electrons. The summed E-state index contributed by atoms with van der Waals surface area (Å²) in [7, 11) is 1.26. The molecule has 0 aliphatic rings. The molecule has 1 aromatic carbocycles. The molecule has 0 atom stereocenters. The number of rotatable bonds is 2. The van der Waals surface area contributed by atoms with Gasteiger partial charge in [0.05, 0.1) is 7.11 Å². The summed E-state index contributed by atoms with van der Waals surface area (Å²) in [5.41, 5.74) is 4.88. The maximum Gasteiger partial charge on any atom is 0.356 e. The first-order valence-corrected chi connectivity index (χ1v) is 7.21. The fourth-order valence-corrected chi connectivity index (χ4v) is 2.87. The van der Waals surface area contributed by atoms with Crippen LogP contribution in [0.15, 0.2) is 29.1 Å². The smallest absolute Gasteiger partial charge is 0.356 e. The summed E-state index contributed by atoms with van der Waals surface area (Å²) in [5.74, 6) is -0.629. The van der Waals surface area contributed by atoms with Crippen LogP contribution in [0.5, 0.6) is 0 Å². The van der Waals surface area contributed by atoms with Gasteiger partial charge in [-0.25, -0.2) is 14.3 Å². The Kier molecular flexibility index (Phi) is 3.52. The van der Waals surface area contributed by atoms with Crippen LogP contribution in [0.1, 0.15) is 27.3 Å². The lowest BCUT2D eigenvalue weighted by atomic mass is 9.96. The topological polar surface area (TPSA) is 76.5 Å². The van der Waals surface area contributed by atoms with Crippen LogP contribution in [0.25, 0.3) is 16.8 Å². The number of methoxy groups -OCH3 is 1. The molecule has 2 heterocycles. The van der Waals surface area contributed by atoms with Crippen LogP contribution in [0.2, 0.25) is 0 Å². The van der Waals surface area contributed by atoms with Gasteiger partial charge in [0.25, 0.3) is 5.56 Å². The molecule has 3 rings (SSSR count). The molecule has 0 saturated carbocycles. The van der Waals surface area contributed by atoms with E-state index in [9.17, 15) is 9.59 Å². The number of ether oxygens (including phenoxy) is 1. The number of H-pyrrole nitrogens is 1. The monoisotopic (exact) mass is 311 g/mol. The highest BCUT2D eigenvalue weighted by molar-refractivity contribution is 5.90. The van der Waals surface area contributed by atoms with Gasteiger partial charge < -0.3 is 4.74 Å². The molecule has 0 spiro atoms. The van der Waals surface area contributed by atoms with Crippen molar-refractivity contribution in [1.82, 2.24) is 14.6 Å². The number of aromatic amines is 1. The van der Waals surface area contributed by atoms with Crippen molar-refractivity contribution < 1.29 is 9.53 Å². The van der Waals surface area contributed by atoms with Crippen molar-refractivity contribution in [3.05, 3.63) is 57.1 Å². The number of hydrogen-bond donors (Lipinski definition) is 1. The van der Waals surface area contributed by atoms with E-state index in [1.807, 2.05) is 39.0 Å². The molecule has 6 heteroatoms. The maximum atomic E-state index is 12.3. The minimum atomic E-state index is -0.629. The normalized spacial score (nSPS) is 11.0. The molecule has 1 N–H and O–H groups in total. The number of hydrogen-bond acceptors (Lipinski definition) is 4. The largest absolute Gasteiger partial charge is 0.464 e. The first kappa shape index (κ1) is 15.0. The molecular weight excluding hydrogens is 294 g/mol. The van der Waals surface area contributed by atoms with E-state index >= 15 is 0 Å². The quantitative estimate of drug-likeness (QED) is 0.737. The third-order valence-corrected chi connectivity index (χ3v) is 3.92. The fraction of sp³-hybridized carbons (Fsp3) is 0.235. The Bertz CT molecular complexity index is 962. The number of benzene rings is 1. The third kappa shape index (κ3) is 2.32. The highest BCUT2D eigenvalue weighted by atomic mass is 16.5. The lowest BCUT2D eigenvalue weighted by molar-refractivity contribution is 0.0594. The van der Waals surface area contributed by atoms with E-state index in [2.05, 4.69) is 14.8 Å². The zero-order valence-corrected chi connectivity index (χ0v) is 13.4. The minimum absolute atomic E-state index is 0.00369. The molecule has 0 unspecified atom stereocenters. The van der Waals surface area contributed by atoms with Crippen molar-refractivity contribution in [2.24, 2.45) is 0 Å². The number of carbonyl (C=O) groups excluding carboxylic acids is 1. The van der Waals surface area contributed by atoms with Crippen molar-refractivity contribution in [2.75, 3.05) is 7.11 Å². The lowest BCUT2D eigenvalue weighted by Gasteiger charge is -2.09. The average molecular weight is 311 g/mol. The van der Waals surface area contributed by atoms with E-state index in [0.29, 0.717) is 5.65 Å². The fourth-order valence-electron chi connectivity index (χ4n) is 2.87. The standard InChI is InChI=1S/C17H17N3O3/c1-9-6-5-7-10(2)14(9)15-11(3)19-20-13(21)8-12(17(22)23-4)18-16(15)20/h5-8,19H,1-4H3. The molecule has 0 amide bonds. The predicted octanol–water partition coefficient (Wildman–Crippen LogP) is 2.40. The number of fused-ring (bicyclic) bond motifs is 1. The van der Waals surface area contributed by atoms with Gasteiger partial charge in [-0.15, -0.1) is 0 Å². The molecule has 6 nitrogen and oxygen atoms in total. The number of carbonyl (C=O) groups is 1. The minimum Gasteiger partial charge on any atom is -0.464 e. The highest BCUT2D eigenvalue weighted by Crippen LogP contribution is 2.32. The molecule has 0 aliphatic heterocycles. The van der Waals surface area contributed by atoms with E-state index < -0.39 is 5.97 Å². The van der Waals surface area contributed by atoms with Gasteiger partial charge in [-0.2, -0.15) is 0 Å². The lowest BCUT2D eigenvalue weighted by Crippen LogP contribution is -2.18. The summed E-state index contributed by atoms with van der Waals surface area (Å²) in [6, 6.07) is 7.17. The van der Waals surface area contributed by atoms with Gasteiger partial charge in [0.15, 0.2) is 11.3 Å². The predicted molar refractivity (Wildman–Crippen MR) is 86.8 cm³/mol. The van der Waals surface area contributed by atoms with E-state index in [0.717, 1.165) is 27.9 Å². The summed E-state index contributed by atoms with van der Waals surface area (Å²) in [6.45, 7) is 5.90. The Labute approximate surface area is 132 Å². The molecule has 0 fully saturated rings. The van der Waals surface area contributed by atoms with Crippen molar-refractivity contribution in [2.45, 2.75) is 20.8 Å². The van der Waals surface area contributed by atoms with Crippen LogP contribution in [-0.4, -0.2) is 27.7 Å². The maximum absolute atomic E-state index is 12.3. The summed E-state index contributed by atoms with van der Waals surface area (Å²) < 4.78 is 6.03. The number of nitrogens with one attached hydrogen (secondary N) is 1. The SMILES string of the molecule is COC(=O)c1cc(=O)n2[nH]c(C)c(-c3c(C)cccc3C)c2n1. The van der Waals surface area contributed by atoms with Crippen molar-refractivity contribution in [1.29, 1.82) is 0 Å². The van der Waals surface area contributed by atoms with Gasteiger partial charge in [-0.3, -0.25) is 9.89 Å². The Morgan fingerprint density at radius 1 is 1.17 bits per heavy atom. The van der Waals surface area contributed by atoms with E-state index in [1.165, 1.54) is 17.7 Å². The number of aromatic nitrogens is 3. The van der Waals surface area contributed by atoms with Crippen LogP contribution in [0, 0.1) is 20.8 Å². The summed E-state index contributed by atoms with van der Waals surface area (Å²) in [6.07, 6.45) is 0. The third-order valence-electron chi connectivity index (χ3n) is 3.92.